The third kappa shape index (κ3) is 4.19. The maximum atomic E-state index is 12.4. The van der Waals surface area contributed by atoms with Crippen LogP contribution in [0.25, 0.3) is 0 Å². The largest absolute Gasteiger partial charge is 0.333 e. The molecule has 0 aliphatic heterocycles. The quantitative estimate of drug-likeness (QED) is 0.699. The van der Waals surface area contributed by atoms with Gasteiger partial charge in [0.15, 0.2) is 0 Å². The average Bonchev–Trinajstić information content (AvgIpc) is 3.20. The van der Waals surface area contributed by atoms with Gasteiger partial charge in [-0.05, 0) is 81.8 Å². The van der Waals surface area contributed by atoms with Gasteiger partial charge in [-0.15, -0.1) is 0 Å². The van der Waals surface area contributed by atoms with Crippen molar-refractivity contribution in [3.8, 4) is 0 Å². The normalized spacial score (nSPS) is 17.1. The number of urea groups is 1. The van der Waals surface area contributed by atoms with E-state index in [1.165, 1.54) is 22.3 Å². The molecule has 1 unspecified atom stereocenters. The highest BCUT2D eigenvalue weighted by Gasteiger charge is 2.26. The van der Waals surface area contributed by atoms with Crippen LogP contribution in [0.15, 0.2) is 6.07 Å². The summed E-state index contributed by atoms with van der Waals surface area (Å²) in [5.41, 5.74) is 5.77. The van der Waals surface area contributed by atoms with E-state index < -0.39 is 16.2 Å². The van der Waals surface area contributed by atoms with Gasteiger partial charge in [0.1, 0.15) is 0 Å². The zero-order valence-corrected chi connectivity index (χ0v) is 16.5. The van der Waals surface area contributed by atoms with Crippen LogP contribution in [-0.4, -0.2) is 46.0 Å². The van der Waals surface area contributed by atoms with Crippen molar-refractivity contribution >= 4 is 21.9 Å². The molecular formula is C18H28N4O3S. The lowest BCUT2D eigenvalue weighted by molar-refractivity contribution is 0.256. The summed E-state index contributed by atoms with van der Waals surface area (Å²) in [4.78, 5) is 14.3. The van der Waals surface area contributed by atoms with E-state index in [2.05, 4.69) is 20.8 Å². The van der Waals surface area contributed by atoms with Gasteiger partial charge in [0.05, 0.1) is 0 Å². The van der Waals surface area contributed by atoms with Crippen molar-refractivity contribution in [2.24, 2.45) is 0 Å². The Labute approximate surface area is 155 Å². The SMILES string of the molecule is CC(CNS(=O)(=O)NC(=O)Nc1c2c(cc3c1CCC3)CCC2)N(C)C. The van der Waals surface area contributed by atoms with Crippen LogP contribution in [0.1, 0.15) is 42.0 Å². The van der Waals surface area contributed by atoms with Crippen molar-refractivity contribution in [2.45, 2.75) is 51.5 Å². The second-order valence-electron chi connectivity index (χ2n) is 7.45. The van der Waals surface area contributed by atoms with Crippen molar-refractivity contribution in [1.82, 2.24) is 14.3 Å². The molecule has 3 rings (SSSR count). The van der Waals surface area contributed by atoms with Crippen LogP contribution in [0.3, 0.4) is 0 Å². The van der Waals surface area contributed by atoms with Crippen molar-refractivity contribution in [3.05, 3.63) is 28.3 Å². The monoisotopic (exact) mass is 380 g/mol. The number of aryl methyl sites for hydroxylation is 2. The lowest BCUT2D eigenvalue weighted by atomic mass is 9.99. The first-order valence-electron chi connectivity index (χ1n) is 9.18. The molecule has 144 valence electrons. The summed E-state index contributed by atoms with van der Waals surface area (Å²) in [6.07, 6.45) is 6.09. The van der Waals surface area contributed by atoms with Gasteiger partial charge in [-0.3, -0.25) is 0 Å². The highest BCUT2D eigenvalue weighted by atomic mass is 32.2. The Hall–Kier alpha value is -1.64. The van der Waals surface area contributed by atoms with Crippen LogP contribution < -0.4 is 14.8 Å². The second kappa shape index (κ2) is 7.54. The molecule has 0 spiro atoms. The van der Waals surface area contributed by atoms with E-state index in [0.717, 1.165) is 44.2 Å². The smallest absolute Gasteiger partial charge is 0.307 e. The van der Waals surface area contributed by atoms with Gasteiger partial charge in [-0.25, -0.2) is 9.52 Å². The Balaban J connectivity index is 1.69. The molecule has 0 aromatic heterocycles. The molecule has 3 N–H and O–H groups in total. The van der Waals surface area contributed by atoms with E-state index in [9.17, 15) is 13.2 Å². The molecule has 0 bridgehead atoms. The van der Waals surface area contributed by atoms with E-state index in [4.69, 9.17) is 0 Å². The first-order chi connectivity index (χ1) is 12.3. The summed E-state index contributed by atoms with van der Waals surface area (Å²) < 4.78 is 28.7. The Morgan fingerprint density at radius 1 is 1.12 bits per heavy atom. The average molecular weight is 381 g/mol. The molecule has 0 heterocycles. The molecule has 0 saturated carbocycles. The lowest BCUT2D eigenvalue weighted by Gasteiger charge is -2.20. The number of nitrogens with one attached hydrogen (secondary N) is 3. The molecule has 0 fully saturated rings. The van der Waals surface area contributed by atoms with Gasteiger partial charge in [0.25, 0.3) is 0 Å². The Kier molecular flexibility index (Phi) is 5.55. The Morgan fingerprint density at radius 3 is 2.23 bits per heavy atom. The first kappa shape index (κ1) is 19.1. The highest BCUT2D eigenvalue weighted by molar-refractivity contribution is 7.88. The number of rotatable bonds is 6. The van der Waals surface area contributed by atoms with Crippen LogP contribution in [-0.2, 0) is 35.9 Å². The van der Waals surface area contributed by atoms with E-state index in [1.807, 2.05) is 25.9 Å². The minimum atomic E-state index is -3.90. The molecule has 2 aliphatic rings. The van der Waals surface area contributed by atoms with Crippen LogP contribution in [0.2, 0.25) is 0 Å². The predicted octanol–water partition coefficient (Wildman–Crippen LogP) is 1.57. The number of likely N-dealkylation sites (N-methyl/N-ethyl adjacent to an activating group) is 1. The number of nitrogens with zero attached hydrogens (tertiary/aromatic N) is 1. The maximum absolute atomic E-state index is 12.4. The molecule has 26 heavy (non-hydrogen) atoms. The van der Waals surface area contributed by atoms with Crippen LogP contribution in [0, 0.1) is 0 Å². The van der Waals surface area contributed by atoms with E-state index in [-0.39, 0.29) is 12.6 Å². The summed E-state index contributed by atoms with van der Waals surface area (Å²) in [7, 11) is -0.155. The molecule has 0 radical (unpaired) electrons. The summed E-state index contributed by atoms with van der Waals surface area (Å²) in [6.45, 7) is 2.13. The minimum Gasteiger partial charge on any atom is -0.307 e. The number of benzene rings is 1. The standard InChI is InChI=1S/C18H28N4O3S/c1-12(22(2)3)11-19-26(24,25)21-18(23)20-17-15-8-4-6-13(15)10-14-7-5-9-16(14)17/h10,12,19H,4-9,11H2,1-3H3,(H2,20,21,23). The number of fused-ring (bicyclic) bond motifs is 2. The van der Waals surface area contributed by atoms with Gasteiger partial charge in [0, 0.05) is 18.3 Å². The van der Waals surface area contributed by atoms with Gasteiger partial charge >= 0.3 is 16.2 Å². The molecule has 2 amide bonds. The van der Waals surface area contributed by atoms with Crippen LogP contribution >= 0.6 is 0 Å². The Bertz CT molecular complexity index is 773. The molecular weight excluding hydrogens is 352 g/mol. The number of anilines is 1. The Morgan fingerprint density at radius 2 is 1.69 bits per heavy atom. The van der Waals surface area contributed by atoms with Gasteiger partial charge < -0.3 is 10.2 Å². The molecule has 1 aromatic carbocycles. The van der Waals surface area contributed by atoms with E-state index in [1.54, 1.807) is 0 Å². The number of carbonyl (C=O) groups excluding carboxylic acids is 1. The highest BCUT2D eigenvalue weighted by Crippen LogP contribution is 2.38. The van der Waals surface area contributed by atoms with Crippen LogP contribution in [0.5, 0.6) is 0 Å². The van der Waals surface area contributed by atoms with Gasteiger partial charge in [-0.2, -0.15) is 13.1 Å². The summed E-state index contributed by atoms with van der Waals surface area (Å²) in [5, 5.41) is 2.83. The third-order valence-corrected chi connectivity index (χ3v) is 6.39. The summed E-state index contributed by atoms with van der Waals surface area (Å²) >= 11 is 0. The molecule has 2 aliphatic carbocycles. The topological polar surface area (TPSA) is 90.5 Å². The molecule has 7 nitrogen and oxygen atoms in total. The number of carbonyl (C=O) groups is 1. The van der Waals surface area contributed by atoms with Crippen LogP contribution in [0.4, 0.5) is 10.5 Å². The third-order valence-electron chi connectivity index (χ3n) is 5.39. The zero-order chi connectivity index (χ0) is 18.9. The van der Waals surface area contributed by atoms with Crippen molar-refractivity contribution in [3.63, 3.8) is 0 Å². The summed E-state index contributed by atoms with van der Waals surface area (Å²) in [5.74, 6) is 0. The zero-order valence-electron chi connectivity index (χ0n) is 15.7. The molecule has 1 atom stereocenters. The molecule has 0 saturated heterocycles. The number of hydrogen-bond donors (Lipinski definition) is 3. The molecule has 8 heteroatoms. The number of hydrogen-bond acceptors (Lipinski definition) is 4. The fraction of sp³-hybridized carbons (Fsp3) is 0.611. The van der Waals surface area contributed by atoms with Gasteiger partial charge in [0.2, 0.25) is 0 Å². The van der Waals surface area contributed by atoms with E-state index >= 15 is 0 Å². The number of amides is 2. The lowest BCUT2D eigenvalue weighted by Crippen LogP contribution is -2.46. The van der Waals surface area contributed by atoms with Gasteiger partial charge in [-0.1, -0.05) is 6.07 Å². The minimum absolute atomic E-state index is 0.0234. The van der Waals surface area contributed by atoms with Crippen molar-refractivity contribution in [2.75, 3.05) is 26.0 Å². The fourth-order valence-corrected chi connectivity index (χ4v) is 4.51. The van der Waals surface area contributed by atoms with E-state index in [0.29, 0.717) is 0 Å². The first-order valence-corrected chi connectivity index (χ1v) is 10.7. The molecule has 1 aromatic rings. The fourth-order valence-electron chi connectivity index (χ4n) is 3.68. The van der Waals surface area contributed by atoms with Crippen molar-refractivity contribution in [1.29, 1.82) is 0 Å². The predicted molar refractivity (Wildman–Crippen MR) is 103 cm³/mol. The summed E-state index contributed by atoms with van der Waals surface area (Å²) in [6, 6.07) is 1.59. The maximum Gasteiger partial charge on any atom is 0.333 e. The second-order valence-corrected chi connectivity index (χ2v) is 8.95. The van der Waals surface area contributed by atoms with Crippen molar-refractivity contribution < 1.29 is 13.2 Å².